The highest BCUT2D eigenvalue weighted by atomic mass is 16.6. The number of rotatable bonds is 5. The average Bonchev–Trinajstić information content (AvgIpc) is 2.37. The molecule has 1 rings (SSSR count). The second kappa shape index (κ2) is 5.90. The Morgan fingerprint density at radius 3 is 2.22 bits per heavy atom. The van der Waals surface area contributed by atoms with Crippen molar-refractivity contribution in [3.63, 3.8) is 0 Å². The fraction of sp³-hybridized carbons (Fsp3) is 0.333. The molecule has 0 fully saturated rings. The van der Waals surface area contributed by atoms with Crippen molar-refractivity contribution in [1.82, 2.24) is 0 Å². The molecule has 6 heteroatoms. The lowest BCUT2D eigenvalue weighted by Gasteiger charge is -2.13. The van der Waals surface area contributed by atoms with Gasteiger partial charge >= 0.3 is 0 Å². The van der Waals surface area contributed by atoms with Gasteiger partial charge in [-0.05, 0) is 12.1 Å². The summed E-state index contributed by atoms with van der Waals surface area (Å²) in [6, 6.07) is 3.34. The molecule has 0 aromatic heterocycles. The number of nitro groups is 1. The van der Waals surface area contributed by atoms with E-state index in [4.69, 9.17) is 14.2 Å². The monoisotopic (exact) mass is 253 g/mol. The quantitative estimate of drug-likeness (QED) is 0.595. The van der Waals surface area contributed by atoms with Gasteiger partial charge in [0.2, 0.25) is 11.4 Å². The summed E-state index contributed by atoms with van der Waals surface area (Å²) in [6.07, 6.45) is 1.42. The van der Waals surface area contributed by atoms with Gasteiger partial charge in [-0.2, -0.15) is 0 Å². The van der Waals surface area contributed by atoms with Crippen molar-refractivity contribution in [2.24, 2.45) is 0 Å². The maximum Gasteiger partial charge on any atom is 0.243 e. The van der Waals surface area contributed by atoms with E-state index < -0.39 is 4.92 Å². The van der Waals surface area contributed by atoms with E-state index in [1.807, 2.05) is 0 Å². The number of ether oxygens (including phenoxy) is 3. The minimum Gasteiger partial charge on any atom is -0.493 e. The highest BCUT2D eigenvalue weighted by molar-refractivity contribution is 5.67. The average molecular weight is 253 g/mol. The van der Waals surface area contributed by atoms with Gasteiger partial charge in [-0.25, -0.2) is 0 Å². The van der Waals surface area contributed by atoms with Crippen LogP contribution in [-0.2, 0) is 0 Å². The van der Waals surface area contributed by atoms with Gasteiger partial charge in [-0.15, -0.1) is 0 Å². The van der Waals surface area contributed by atoms with Crippen LogP contribution in [0.2, 0.25) is 0 Å². The van der Waals surface area contributed by atoms with Crippen LogP contribution in [-0.4, -0.2) is 26.3 Å². The summed E-state index contributed by atoms with van der Waals surface area (Å²) in [6.45, 7) is 1.41. The molecule has 0 N–H and O–H groups in total. The molecule has 0 spiro atoms. The van der Waals surface area contributed by atoms with E-state index in [1.165, 1.54) is 34.3 Å². The van der Waals surface area contributed by atoms with Crippen molar-refractivity contribution >= 4 is 6.08 Å². The van der Waals surface area contributed by atoms with E-state index in [0.717, 1.165) is 0 Å². The lowest BCUT2D eigenvalue weighted by Crippen LogP contribution is -1.98. The van der Waals surface area contributed by atoms with Crippen LogP contribution in [0.25, 0.3) is 6.08 Å². The fourth-order valence-electron chi connectivity index (χ4n) is 1.52. The summed E-state index contributed by atoms with van der Waals surface area (Å²) in [5.41, 5.74) is 0.574. The summed E-state index contributed by atoms with van der Waals surface area (Å²) >= 11 is 0. The van der Waals surface area contributed by atoms with E-state index in [1.54, 1.807) is 12.1 Å². The van der Waals surface area contributed by atoms with Crippen LogP contribution in [0.1, 0.15) is 12.5 Å². The van der Waals surface area contributed by atoms with Gasteiger partial charge in [-0.3, -0.25) is 10.1 Å². The molecule has 0 aliphatic rings. The molecule has 0 saturated carbocycles. The van der Waals surface area contributed by atoms with Gasteiger partial charge in [0, 0.05) is 18.6 Å². The van der Waals surface area contributed by atoms with Crippen molar-refractivity contribution in [2.75, 3.05) is 21.3 Å². The maximum atomic E-state index is 10.6. The second-order valence-corrected chi connectivity index (χ2v) is 3.47. The van der Waals surface area contributed by atoms with E-state index in [-0.39, 0.29) is 5.70 Å². The van der Waals surface area contributed by atoms with Crippen LogP contribution in [0, 0.1) is 10.1 Å². The molecule has 0 radical (unpaired) electrons. The Hall–Kier alpha value is -2.24. The molecule has 6 nitrogen and oxygen atoms in total. The topological polar surface area (TPSA) is 70.8 Å². The zero-order valence-corrected chi connectivity index (χ0v) is 10.7. The molecule has 0 atom stereocenters. The summed E-state index contributed by atoms with van der Waals surface area (Å²) in [7, 11) is 4.46. The molecule has 98 valence electrons. The zero-order valence-electron chi connectivity index (χ0n) is 10.7. The molecule has 0 saturated heterocycles. The maximum absolute atomic E-state index is 10.6. The number of methoxy groups -OCH3 is 3. The van der Waals surface area contributed by atoms with E-state index in [0.29, 0.717) is 22.8 Å². The van der Waals surface area contributed by atoms with E-state index in [9.17, 15) is 10.1 Å². The normalized spacial score (nSPS) is 11.0. The zero-order chi connectivity index (χ0) is 13.7. The van der Waals surface area contributed by atoms with Crippen molar-refractivity contribution < 1.29 is 19.1 Å². The first-order valence-corrected chi connectivity index (χ1v) is 5.16. The molecule has 0 heterocycles. The summed E-state index contributed by atoms with van der Waals surface area (Å²) in [5, 5.41) is 10.6. The number of benzene rings is 1. The Balaban J connectivity index is 3.38. The standard InChI is InChI=1S/C12H15NO5/c1-8(13(14)15)7-9-5-6-10(16-2)12(18-4)11(9)17-3/h5-7H,1-4H3/b8-7-. The lowest BCUT2D eigenvalue weighted by atomic mass is 10.1. The molecular weight excluding hydrogens is 238 g/mol. The van der Waals surface area contributed by atoms with Gasteiger partial charge in [0.25, 0.3) is 0 Å². The SMILES string of the molecule is COc1ccc(/C=C(/C)[N+](=O)[O-])c(OC)c1OC. The van der Waals surface area contributed by atoms with Crippen LogP contribution in [0.4, 0.5) is 0 Å². The van der Waals surface area contributed by atoms with E-state index >= 15 is 0 Å². The summed E-state index contributed by atoms with van der Waals surface area (Å²) in [4.78, 5) is 10.2. The van der Waals surface area contributed by atoms with Gasteiger partial charge < -0.3 is 14.2 Å². The second-order valence-electron chi connectivity index (χ2n) is 3.47. The molecule has 0 aliphatic carbocycles. The molecule has 1 aromatic carbocycles. The van der Waals surface area contributed by atoms with Crippen LogP contribution < -0.4 is 14.2 Å². The Kier molecular flexibility index (Phi) is 4.53. The van der Waals surface area contributed by atoms with Crippen molar-refractivity contribution in [3.8, 4) is 17.2 Å². The van der Waals surface area contributed by atoms with Gasteiger partial charge in [0.1, 0.15) is 0 Å². The third-order valence-corrected chi connectivity index (χ3v) is 2.39. The van der Waals surface area contributed by atoms with Crippen LogP contribution in [0.3, 0.4) is 0 Å². The Morgan fingerprint density at radius 1 is 1.17 bits per heavy atom. The Bertz CT molecular complexity index is 482. The van der Waals surface area contributed by atoms with Crippen molar-refractivity contribution in [1.29, 1.82) is 0 Å². The number of hydrogen-bond donors (Lipinski definition) is 0. The number of hydrogen-bond acceptors (Lipinski definition) is 5. The van der Waals surface area contributed by atoms with Gasteiger partial charge in [0.15, 0.2) is 11.5 Å². The first-order valence-electron chi connectivity index (χ1n) is 5.16. The van der Waals surface area contributed by atoms with Crippen molar-refractivity contribution in [2.45, 2.75) is 6.92 Å². The summed E-state index contributed by atoms with van der Waals surface area (Å²) in [5.74, 6) is 1.31. The molecule has 0 bridgehead atoms. The van der Waals surface area contributed by atoms with Crippen molar-refractivity contribution in [3.05, 3.63) is 33.5 Å². The van der Waals surface area contributed by atoms with Crippen LogP contribution in [0.15, 0.2) is 17.8 Å². The smallest absolute Gasteiger partial charge is 0.243 e. The molecule has 18 heavy (non-hydrogen) atoms. The number of allylic oxidation sites excluding steroid dienone is 1. The molecule has 1 aromatic rings. The molecule has 0 unspecified atom stereocenters. The van der Waals surface area contributed by atoms with Crippen LogP contribution >= 0.6 is 0 Å². The summed E-state index contributed by atoms with van der Waals surface area (Å²) < 4.78 is 15.5. The minimum absolute atomic E-state index is 0.0144. The Morgan fingerprint density at radius 2 is 1.78 bits per heavy atom. The molecular formula is C12H15NO5. The molecule has 0 aliphatic heterocycles. The van der Waals surface area contributed by atoms with E-state index in [2.05, 4.69) is 0 Å². The Labute approximate surface area is 105 Å². The highest BCUT2D eigenvalue weighted by Crippen LogP contribution is 2.40. The molecule has 0 amide bonds. The van der Waals surface area contributed by atoms with Gasteiger partial charge in [-0.1, -0.05) is 0 Å². The third kappa shape index (κ3) is 2.71. The number of nitrogens with zero attached hydrogens (tertiary/aromatic N) is 1. The fourth-order valence-corrected chi connectivity index (χ4v) is 1.52. The predicted octanol–water partition coefficient (Wildman–Crippen LogP) is 2.35. The minimum atomic E-state index is -0.462. The van der Waals surface area contributed by atoms with Gasteiger partial charge in [0.05, 0.1) is 26.3 Å². The lowest BCUT2D eigenvalue weighted by molar-refractivity contribution is -0.422. The first kappa shape index (κ1) is 13.8. The highest BCUT2D eigenvalue weighted by Gasteiger charge is 2.16. The predicted molar refractivity (Wildman–Crippen MR) is 66.7 cm³/mol. The van der Waals surface area contributed by atoms with Crippen LogP contribution in [0.5, 0.6) is 17.2 Å². The largest absolute Gasteiger partial charge is 0.493 e. The third-order valence-electron chi connectivity index (χ3n) is 2.39. The first-order chi connectivity index (χ1) is 8.54.